The lowest BCUT2D eigenvalue weighted by molar-refractivity contribution is 0.865. The number of hydrogen-bond acceptors (Lipinski definition) is 4. The van der Waals surface area contributed by atoms with Gasteiger partial charge in [0.25, 0.3) is 0 Å². The number of benzene rings is 1. The van der Waals surface area contributed by atoms with E-state index < -0.39 is 0 Å². The van der Waals surface area contributed by atoms with Gasteiger partial charge in [-0.3, -0.25) is 0 Å². The van der Waals surface area contributed by atoms with Gasteiger partial charge in [0.2, 0.25) is 5.95 Å². The van der Waals surface area contributed by atoms with Crippen LogP contribution in [0.4, 0.5) is 11.8 Å². The van der Waals surface area contributed by atoms with E-state index in [0.717, 1.165) is 29.4 Å². The Morgan fingerprint density at radius 1 is 1.24 bits per heavy atom. The average molecular weight is 305 g/mol. The summed E-state index contributed by atoms with van der Waals surface area (Å²) in [5.74, 6) is 1.51. The fourth-order valence-corrected chi connectivity index (χ4v) is 2.08. The molecule has 0 aliphatic carbocycles. The number of aryl methyl sites for hydroxylation is 1. The predicted octanol–water partition coefficient (Wildman–Crippen LogP) is 4.43. The standard InChI is InChI=1S/C16H21ClN4/c1-4-9-18-16-19-10-11(2)15(21-16)20-12(3)13-5-7-14(17)8-6-13/h5-8,10,12H,4,9H2,1-3H3,(H2,18,19,20,21). The van der Waals surface area contributed by atoms with Crippen molar-refractivity contribution >= 4 is 23.4 Å². The summed E-state index contributed by atoms with van der Waals surface area (Å²) in [5, 5.41) is 7.38. The molecule has 0 amide bonds. The summed E-state index contributed by atoms with van der Waals surface area (Å²) in [6.45, 7) is 7.09. The summed E-state index contributed by atoms with van der Waals surface area (Å²) in [6.07, 6.45) is 2.88. The molecule has 1 aromatic carbocycles. The van der Waals surface area contributed by atoms with Crippen LogP contribution in [0.3, 0.4) is 0 Å². The third-order valence-corrected chi connectivity index (χ3v) is 3.48. The molecule has 112 valence electrons. The van der Waals surface area contributed by atoms with Crippen molar-refractivity contribution in [2.45, 2.75) is 33.2 Å². The third kappa shape index (κ3) is 4.33. The Morgan fingerprint density at radius 2 is 1.95 bits per heavy atom. The van der Waals surface area contributed by atoms with Gasteiger partial charge in [-0.1, -0.05) is 30.7 Å². The van der Waals surface area contributed by atoms with Gasteiger partial charge in [0, 0.05) is 29.4 Å². The molecule has 21 heavy (non-hydrogen) atoms. The summed E-state index contributed by atoms with van der Waals surface area (Å²) in [6, 6.07) is 7.99. The molecule has 5 heteroatoms. The van der Waals surface area contributed by atoms with E-state index >= 15 is 0 Å². The summed E-state index contributed by atoms with van der Waals surface area (Å²) in [4.78, 5) is 8.82. The molecule has 0 bridgehead atoms. The van der Waals surface area contributed by atoms with Gasteiger partial charge in [-0.25, -0.2) is 4.98 Å². The number of halogens is 1. The average Bonchev–Trinajstić information content (AvgIpc) is 2.48. The molecule has 0 saturated carbocycles. The van der Waals surface area contributed by atoms with Crippen molar-refractivity contribution in [1.29, 1.82) is 0 Å². The molecule has 0 aliphatic heterocycles. The highest BCUT2D eigenvalue weighted by Crippen LogP contribution is 2.22. The van der Waals surface area contributed by atoms with E-state index in [9.17, 15) is 0 Å². The molecule has 1 atom stereocenters. The van der Waals surface area contributed by atoms with Crippen LogP contribution in [0.15, 0.2) is 30.5 Å². The summed E-state index contributed by atoms with van der Waals surface area (Å²) in [7, 11) is 0. The molecule has 1 heterocycles. The molecule has 2 aromatic rings. The first-order chi connectivity index (χ1) is 10.1. The lowest BCUT2D eigenvalue weighted by atomic mass is 10.1. The SMILES string of the molecule is CCCNc1ncc(C)c(NC(C)c2ccc(Cl)cc2)n1. The summed E-state index contributed by atoms with van der Waals surface area (Å²) in [5.41, 5.74) is 2.19. The quantitative estimate of drug-likeness (QED) is 0.828. The van der Waals surface area contributed by atoms with E-state index in [2.05, 4.69) is 34.4 Å². The van der Waals surface area contributed by atoms with Crippen molar-refractivity contribution in [3.63, 3.8) is 0 Å². The van der Waals surface area contributed by atoms with E-state index in [1.807, 2.05) is 37.4 Å². The molecule has 0 aliphatic rings. The Kier molecular flexibility index (Phi) is 5.39. The van der Waals surface area contributed by atoms with Gasteiger partial charge >= 0.3 is 0 Å². The van der Waals surface area contributed by atoms with Crippen LogP contribution < -0.4 is 10.6 Å². The number of anilines is 2. The smallest absolute Gasteiger partial charge is 0.224 e. The lowest BCUT2D eigenvalue weighted by Gasteiger charge is -2.17. The van der Waals surface area contributed by atoms with Gasteiger partial charge in [-0.2, -0.15) is 4.98 Å². The van der Waals surface area contributed by atoms with Crippen LogP contribution in [0.5, 0.6) is 0 Å². The molecule has 0 fully saturated rings. The Morgan fingerprint density at radius 3 is 2.62 bits per heavy atom. The maximum absolute atomic E-state index is 5.92. The van der Waals surface area contributed by atoms with E-state index in [1.165, 1.54) is 5.56 Å². The highest BCUT2D eigenvalue weighted by atomic mass is 35.5. The van der Waals surface area contributed by atoms with Crippen molar-refractivity contribution in [3.8, 4) is 0 Å². The zero-order valence-electron chi connectivity index (χ0n) is 12.7. The fraction of sp³-hybridized carbons (Fsp3) is 0.375. The number of nitrogens with zero attached hydrogens (tertiary/aromatic N) is 2. The van der Waals surface area contributed by atoms with Crippen LogP contribution in [0.1, 0.15) is 37.4 Å². The Balaban J connectivity index is 2.12. The molecular formula is C16H21ClN4. The molecule has 1 unspecified atom stereocenters. The number of rotatable bonds is 6. The second kappa shape index (κ2) is 7.27. The van der Waals surface area contributed by atoms with Gasteiger partial charge < -0.3 is 10.6 Å². The van der Waals surface area contributed by atoms with Crippen LogP contribution in [-0.4, -0.2) is 16.5 Å². The molecular weight excluding hydrogens is 284 g/mol. The van der Waals surface area contributed by atoms with E-state index in [4.69, 9.17) is 11.6 Å². The van der Waals surface area contributed by atoms with Crippen LogP contribution >= 0.6 is 11.6 Å². The number of nitrogens with one attached hydrogen (secondary N) is 2. The Hall–Kier alpha value is -1.81. The van der Waals surface area contributed by atoms with Gasteiger partial charge in [-0.05, 0) is 38.0 Å². The second-order valence-electron chi connectivity index (χ2n) is 5.07. The molecule has 2 N–H and O–H groups in total. The first kappa shape index (κ1) is 15.6. The van der Waals surface area contributed by atoms with Crippen molar-refractivity contribution in [1.82, 2.24) is 9.97 Å². The van der Waals surface area contributed by atoms with Crippen molar-refractivity contribution in [3.05, 3.63) is 46.6 Å². The minimum Gasteiger partial charge on any atom is -0.363 e. The highest BCUT2D eigenvalue weighted by molar-refractivity contribution is 6.30. The molecule has 0 saturated heterocycles. The fourth-order valence-electron chi connectivity index (χ4n) is 1.95. The predicted molar refractivity (Wildman–Crippen MR) is 89.0 cm³/mol. The summed E-state index contributed by atoms with van der Waals surface area (Å²) >= 11 is 5.92. The molecule has 4 nitrogen and oxygen atoms in total. The minimum atomic E-state index is 0.148. The first-order valence-corrected chi connectivity index (χ1v) is 7.57. The summed E-state index contributed by atoms with van der Waals surface area (Å²) < 4.78 is 0. The van der Waals surface area contributed by atoms with Gasteiger partial charge in [-0.15, -0.1) is 0 Å². The van der Waals surface area contributed by atoms with E-state index in [-0.39, 0.29) is 6.04 Å². The zero-order chi connectivity index (χ0) is 15.2. The van der Waals surface area contributed by atoms with Gasteiger partial charge in [0.05, 0.1) is 0 Å². The normalized spacial score (nSPS) is 12.0. The molecule has 0 spiro atoms. The largest absolute Gasteiger partial charge is 0.363 e. The Bertz CT molecular complexity index is 583. The minimum absolute atomic E-state index is 0.148. The monoisotopic (exact) mass is 304 g/mol. The molecule has 2 rings (SSSR count). The zero-order valence-corrected chi connectivity index (χ0v) is 13.4. The maximum atomic E-state index is 5.92. The van der Waals surface area contributed by atoms with Crippen molar-refractivity contribution < 1.29 is 0 Å². The first-order valence-electron chi connectivity index (χ1n) is 7.19. The lowest BCUT2D eigenvalue weighted by Crippen LogP contribution is -2.12. The van der Waals surface area contributed by atoms with Crippen LogP contribution in [0.2, 0.25) is 5.02 Å². The van der Waals surface area contributed by atoms with Crippen LogP contribution in [0, 0.1) is 6.92 Å². The number of hydrogen-bond donors (Lipinski definition) is 2. The van der Waals surface area contributed by atoms with Gasteiger partial charge in [0.1, 0.15) is 5.82 Å². The molecule has 0 radical (unpaired) electrons. The van der Waals surface area contributed by atoms with Gasteiger partial charge in [0.15, 0.2) is 0 Å². The highest BCUT2D eigenvalue weighted by Gasteiger charge is 2.09. The van der Waals surface area contributed by atoms with Crippen molar-refractivity contribution in [2.75, 3.05) is 17.2 Å². The number of aromatic nitrogens is 2. The van der Waals surface area contributed by atoms with Crippen molar-refractivity contribution in [2.24, 2.45) is 0 Å². The topological polar surface area (TPSA) is 49.8 Å². The maximum Gasteiger partial charge on any atom is 0.224 e. The van der Waals surface area contributed by atoms with Crippen LogP contribution in [0.25, 0.3) is 0 Å². The van der Waals surface area contributed by atoms with E-state index in [1.54, 1.807) is 0 Å². The Labute approximate surface area is 131 Å². The van der Waals surface area contributed by atoms with Crippen LogP contribution in [-0.2, 0) is 0 Å². The third-order valence-electron chi connectivity index (χ3n) is 3.23. The second-order valence-corrected chi connectivity index (χ2v) is 5.51. The van der Waals surface area contributed by atoms with E-state index in [0.29, 0.717) is 5.95 Å². The molecule has 1 aromatic heterocycles.